The van der Waals surface area contributed by atoms with Crippen LogP contribution in [-0.2, 0) is 19.3 Å². The summed E-state index contributed by atoms with van der Waals surface area (Å²) in [6, 6.07) is 7.13. The first kappa shape index (κ1) is 20.1. The molecule has 1 aliphatic heterocycles. The van der Waals surface area contributed by atoms with Crippen molar-refractivity contribution in [3.63, 3.8) is 0 Å². The molecule has 29 heavy (non-hydrogen) atoms. The summed E-state index contributed by atoms with van der Waals surface area (Å²) in [6.45, 7) is 7.19. The first-order valence-electron chi connectivity index (χ1n) is 9.36. The number of aryl methyl sites for hydroxylation is 1. The maximum atomic E-state index is 12.7. The van der Waals surface area contributed by atoms with Crippen molar-refractivity contribution in [3.8, 4) is 10.6 Å². The zero-order valence-corrected chi connectivity index (χ0v) is 16.8. The SMILES string of the molecule is Cc1cc(CN2CCN(Cc3csc(-c4ccc(C(F)(F)F)cc4)n3)CC2)no1. The van der Waals surface area contributed by atoms with Gasteiger partial charge in [0, 0.05) is 56.3 Å². The molecule has 1 fully saturated rings. The molecular formula is C20H21F3N4OS. The third-order valence-corrected chi connectivity index (χ3v) is 5.86. The molecule has 154 valence electrons. The summed E-state index contributed by atoms with van der Waals surface area (Å²) in [7, 11) is 0. The van der Waals surface area contributed by atoms with Crippen molar-refractivity contribution in [1.82, 2.24) is 19.9 Å². The molecule has 0 amide bonds. The first-order valence-corrected chi connectivity index (χ1v) is 10.2. The summed E-state index contributed by atoms with van der Waals surface area (Å²) in [5.74, 6) is 0.825. The summed E-state index contributed by atoms with van der Waals surface area (Å²) >= 11 is 1.46. The molecule has 1 aromatic carbocycles. The van der Waals surface area contributed by atoms with Gasteiger partial charge >= 0.3 is 6.18 Å². The maximum absolute atomic E-state index is 12.7. The second kappa shape index (κ2) is 8.25. The topological polar surface area (TPSA) is 45.4 Å². The molecule has 0 bridgehead atoms. The number of halogens is 3. The number of aromatic nitrogens is 2. The second-order valence-corrected chi connectivity index (χ2v) is 8.06. The average molecular weight is 422 g/mol. The number of alkyl halides is 3. The van der Waals surface area contributed by atoms with Crippen molar-refractivity contribution in [1.29, 1.82) is 0 Å². The van der Waals surface area contributed by atoms with Crippen molar-refractivity contribution >= 4 is 11.3 Å². The Labute approximate surface area is 170 Å². The fourth-order valence-corrected chi connectivity index (χ4v) is 4.19. The summed E-state index contributed by atoms with van der Waals surface area (Å²) < 4.78 is 43.2. The standard InChI is InChI=1S/C20H21F3N4OS/c1-14-10-17(25-28-14)11-26-6-8-27(9-7-26)12-18-13-29-19(24-18)15-2-4-16(5-3-15)20(21,22)23/h2-5,10,13H,6-9,11-12H2,1H3. The van der Waals surface area contributed by atoms with Crippen LogP contribution in [0.5, 0.6) is 0 Å². The largest absolute Gasteiger partial charge is 0.416 e. The van der Waals surface area contributed by atoms with Crippen molar-refractivity contribution in [2.24, 2.45) is 0 Å². The Balaban J connectivity index is 1.30. The van der Waals surface area contributed by atoms with Gasteiger partial charge in [0.1, 0.15) is 10.8 Å². The molecule has 0 aliphatic carbocycles. The van der Waals surface area contributed by atoms with Crippen molar-refractivity contribution in [3.05, 3.63) is 58.4 Å². The van der Waals surface area contributed by atoms with Gasteiger partial charge in [0.2, 0.25) is 0 Å². The molecule has 3 aromatic rings. The Bertz CT molecular complexity index is 943. The van der Waals surface area contributed by atoms with Gasteiger partial charge in [-0.25, -0.2) is 4.98 Å². The van der Waals surface area contributed by atoms with Gasteiger partial charge in [-0.1, -0.05) is 17.3 Å². The molecule has 3 heterocycles. The third kappa shape index (κ3) is 5.04. The summed E-state index contributed by atoms with van der Waals surface area (Å²) in [6.07, 6.45) is -4.32. The van der Waals surface area contributed by atoms with Gasteiger partial charge in [0.25, 0.3) is 0 Å². The molecule has 0 N–H and O–H groups in total. The molecule has 0 saturated carbocycles. The average Bonchev–Trinajstić information content (AvgIpc) is 3.32. The van der Waals surface area contributed by atoms with E-state index in [9.17, 15) is 13.2 Å². The number of rotatable bonds is 5. The van der Waals surface area contributed by atoms with Crippen molar-refractivity contribution in [2.75, 3.05) is 26.2 Å². The molecule has 5 nitrogen and oxygen atoms in total. The third-order valence-electron chi connectivity index (χ3n) is 4.92. The van der Waals surface area contributed by atoms with E-state index in [0.29, 0.717) is 5.56 Å². The van der Waals surface area contributed by atoms with Crippen LogP contribution in [0.25, 0.3) is 10.6 Å². The number of hydrogen-bond acceptors (Lipinski definition) is 6. The predicted octanol–water partition coefficient (Wildman–Crippen LogP) is 4.44. The maximum Gasteiger partial charge on any atom is 0.416 e. The lowest BCUT2D eigenvalue weighted by Crippen LogP contribution is -2.45. The van der Waals surface area contributed by atoms with Crippen LogP contribution in [-0.4, -0.2) is 46.1 Å². The number of thiazole rings is 1. The van der Waals surface area contributed by atoms with Crippen LogP contribution < -0.4 is 0 Å². The minimum Gasteiger partial charge on any atom is -0.361 e. The minimum atomic E-state index is -4.32. The molecule has 0 radical (unpaired) electrons. The van der Waals surface area contributed by atoms with E-state index in [1.54, 1.807) is 0 Å². The molecule has 0 atom stereocenters. The van der Waals surface area contributed by atoms with Crippen LogP contribution in [0.4, 0.5) is 13.2 Å². The van der Waals surface area contributed by atoms with E-state index in [-0.39, 0.29) is 0 Å². The van der Waals surface area contributed by atoms with E-state index < -0.39 is 11.7 Å². The molecule has 0 unspecified atom stereocenters. The number of hydrogen-bond donors (Lipinski definition) is 0. The molecule has 0 spiro atoms. The highest BCUT2D eigenvalue weighted by atomic mass is 32.1. The highest BCUT2D eigenvalue weighted by Crippen LogP contribution is 2.32. The monoisotopic (exact) mass is 422 g/mol. The molecule has 1 aliphatic rings. The van der Waals surface area contributed by atoms with Crippen LogP contribution >= 0.6 is 11.3 Å². The van der Waals surface area contributed by atoms with Gasteiger partial charge in [0.05, 0.1) is 17.0 Å². The van der Waals surface area contributed by atoms with Crippen molar-refractivity contribution in [2.45, 2.75) is 26.2 Å². The smallest absolute Gasteiger partial charge is 0.361 e. The second-order valence-electron chi connectivity index (χ2n) is 7.20. The van der Waals surface area contributed by atoms with E-state index in [0.717, 1.165) is 73.6 Å². The molecule has 9 heteroatoms. The Kier molecular flexibility index (Phi) is 5.71. The summed E-state index contributed by atoms with van der Waals surface area (Å²) in [4.78, 5) is 9.31. The highest BCUT2D eigenvalue weighted by Gasteiger charge is 2.30. The Morgan fingerprint density at radius 1 is 1.00 bits per heavy atom. The lowest BCUT2D eigenvalue weighted by molar-refractivity contribution is -0.137. The van der Waals surface area contributed by atoms with Gasteiger partial charge in [0.15, 0.2) is 0 Å². The molecule has 4 rings (SSSR count). The predicted molar refractivity (Wildman–Crippen MR) is 104 cm³/mol. The van der Waals surface area contributed by atoms with Gasteiger partial charge < -0.3 is 4.52 Å². The van der Waals surface area contributed by atoms with Crippen LogP contribution in [0, 0.1) is 6.92 Å². The summed E-state index contributed by atoms with van der Waals surface area (Å²) in [5, 5.41) is 6.77. The molecule has 2 aromatic heterocycles. The number of nitrogens with zero attached hydrogens (tertiary/aromatic N) is 4. The minimum absolute atomic E-state index is 0.642. The Hall–Kier alpha value is -2.23. The van der Waals surface area contributed by atoms with Gasteiger partial charge in [-0.3, -0.25) is 9.80 Å². The van der Waals surface area contributed by atoms with Crippen LogP contribution in [0.3, 0.4) is 0 Å². The van der Waals surface area contributed by atoms with E-state index >= 15 is 0 Å². The number of piperazine rings is 1. The normalized spacial score (nSPS) is 16.4. The van der Waals surface area contributed by atoms with Gasteiger partial charge in [-0.15, -0.1) is 11.3 Å². The van der Waals surface area contributed by atoms with Crippen LogP contribution in [0.1, 0.15) is 22.7 Å². The van der Waals surface area contributed by atoms with Crippen LogP contribution in [0.2, 0.25) is 0 Å². The lowest BCUT2D eigenvalue weighted by Gasteiger charge is -2.33. The lowest BCUT2D eigenvalue weighted by atomic mass is 10.1. The van der Waals surface area contributed by atoms with Crippen LogP contribution in [0.15, 0.2) is 40.2 Å². The van der Waals surface area contributed by atoms with Gasteiger partial charge in [-0.2, -0.15) is 13.2 Å². The quantitative estimate of drug-likeness (QED) is 0.608. The zero-order chi connectivity index (χ0) is 20.4. The van der Waals surface area contributed by atoms with Gasteiger partial charge in [-0.05, 0) is 19.1 Å². The first-order chi connectivity index (χ1) is 13.9. The zero-order valence-electron chi connectivity index (χ0n) is 15.9. The fourth-order valence-electron chi connectivity index (χ4n) is 3.37. The molecular weight excluding hydrogens is 401 g/mol. The summed E-state index contributed by atoms with van der Waals surface area (Å²) in [5.41, 5.74) is 1.97. The van der Waals surface area contributed by atoms with E-state index in [4.69, 9.17) is 4.52 Å². The van der Waals surface area contributed by atoms with E-state index in [1.165, 1.54) is 23.5 Å². The highest BCUT2D eigenvalue weighted by molar-refractivity contribution is 7.13. The fraction of sp³-hybridized carbons (Fsp3) is 0.400. The molecule has 1 saturated heterocycles. The van der Waals surface area contributed by atoms with E-state index in [2.05, 4.69) is 19.9 Å². The van der Waals surface area contributed by atoms with Crippen molar-refractivity contribution < 1.29 is 17.7 Å². The number of benzene rings is 1. The Morgan fingerprint density at radius 2 is 1.62 bits per heavy atom. The Morgan fingerprint density at radius 3 is 2.17 bits per heavy atom. The van der Waals surface area contributed by atoms with E-state index in [1.807, 2.05) is 18.4 Å².